The highest BCUT2D eigenvalue weighted by Gasteiger charge is 2.35. The Morgan fingerprint density at radius 2 is 1.20 bits per heavy atom. The summed E-state index contributed by atoms with van der Waals surface area (Å²) in [7, 11) is 0. The number of hydrogen-bond acceptors (Lipinski definition) is 12. The molecular formula is C40H43Cl3N8O8. The van der Waals surface area contributed by atoms with Crippen LogP contribution in [0.3, 0.4) is 0 Å². The number of aliphatic carboxylic acids is 2. The third-order valence-electron chi connectivity index (χ3n) is 10.4. The van der Waals surface area contributed by atoms with Gasteiger partial charge < -0.3 is 40.5 Å². The average molecular weight is 870 g/mol. The molecule has 8 rings (SSSR count). The van der Waals surface area contributed by atoms with E-state index in [1.54, 1.807) is 30.5 Å². The predicted molar refractivity (Wildman–Crippen MR) is 219 cm³/mol. The molecule has 0 bridgehead atoms. The van der Waals surface area contributed by atoms with E-state index in [2.05, 4.69) is 25.3 Å². The van der Waals surface area contributed by atoms with Crippen molar-refractivity contribution in [1.82, 2.24) is 29.7 Å². The Balaban J connectivity index is 0.000000173. The number of nitrogens with one attached hydrogen (secondary N) is 1. The van der Waals surface area contributed by atoms with Gasteiger partial charge in [-0.25, -0.2) is 29.5 Å². The van der Waals surface area contributed by atoms with E-state index in [0.717, 1.165) is 50.0 Å². The van der Waals surface area contributed by atoms with E-state index < -0.39 is 24.0 Å². The summed E-state index contributed by atoms with van der Waals surface area (Å²) in [5.74, 6) is -2.23. The van der Waals surface area contributed by atoms with E-state index in [-0.39, 0.29) is 36.2 Å². The highest BCUT2D eigenvalue weighted by Crippen LogP contribution is 2.34. The molecule has 0 saturated carbocycles. The molecule has 2 saturated heterocycles. The van der Waals surface area contributed by atoms with E-state index in [0.29, 0.717) is 68.9 Å². The summed E-state index contributed by atoms with van der Waals surface area (Å²) < 4.78 is 10.4. The fourth-order valence-corrected chi connectivity index (χ4v) is 7.29. The quantitative estimate of drug-likeness (QED) is 0.153. The number of anilines is 1. The first kappa shape index (κ1) is 43.6. The third kappa shape index (κ3) is 10.4. The number of amides is 2. The van der Waals surface area contributed by atoms with Gasteiger partial charge in [-0.3, -0.25) is 9.59 Å². The molecule has 4 aliphatic rings. The molecule has 2 atom stereocenters. The van der Waals surface area contributed by atoms with Gasteiger partial charge in [-0.05, 0) is 74.4 Å². The molecule has 4 aliphatic heterocycles. The molecule has 59 heavy (non-hydrogen) atoms. The second kappa shape index (κ2) is 19.4. The van der Waals surface area contributed by atoms with Crippen molar-refractivity contribution in [3.63, 3.8) is 0 Å². The van der Waals surface area contributed by atoms with Crippen molar-refractivity contribution in [1.29, 1.82) is 0 Å². The van der Waals surface area contributed by atoms with Crippen LogP contribution >= 0.6 is 34.8 Å². The molecule has 0 aliphatic carbocycles. The molecule has 6 heterocycles. The SMILES string of the molecule is C[C@H](C(=O)O)N1Cc2ccc(-c3nc(Cl)ncc3Cl)cc2C1=O.C[C@H](C(=O)O)N1Cc2ccc(-c3nc(NC4CCOCC4)ncc3Cl)cc2C1=O.NC1CCOCC1. The average Bonchev–Trinajstić information content (AvgIpc) is 3.74. The Hall–Kier alpha value is -4.97. The van der Waals surface area contributed by atoms with Crippen LogP contribution in [0, 0.1) is 0 Å². The molecule has 2 amide bonds. The van der Waals surface area contributed by atoms with Crippen LogP contribution in [0.2, 0.25) is 15.3 Å². The summed E-state index contributed by atoms with van der Waals surface area (Å²) >= 11 is 18.2. The summed E-state index contributed by atoms with van der Waals surface area (Å²) in [6, 6.07) is 9.44. The summed E-state index contributed by atoms with van der Waals surface area (Å²) in [6.45, 7) is 6.65. The second-order valence-corrected chi connectivity index (χ2v) is 15.5. The van der Waals surface area contributed by atoms with Crippen molar-refractivity contribution >= 4 is 64.5 Å². The number of carbonyl (C=O) groups excluding carboxylic acids is 2. The zero-order valence-corrected chi connectivity index (χ0v) is 34.5. The minimum absolute atomic E-state index is 0.0531. The second-order valence-electron chi connectivity index (χ2n) is 14.3. The number of rotatable bonds is 8. The number of carboxylic acids is 2. The van der Waals surface area contributed by atoms with Crippen molar-refractivity contribution in [3.05, 3.63) is 86.4 Å². The first-order chi connectivity index (χ1) is 28.2. The zero-order chi connectivity index (χ0) is 42.4. The number of fused-ring (bicyclic) bond motifs is 2. The van der Waals surface area contributed by atoms with Crippen molar-refractivity contribution in [2.75, 3.05) is 31.7 Å². The molecule has 19 heteroatoms. The van der Waals surface area contributed by atoms with Gasteiger partial charge >= 0.3 is 11.9 Å². The number of carbonyl (C=O) groups is 4. The van der Waals surface area contributed by atoms with E-state index in [1.165, 1.54) is 29.8 Å². The molecular weight excluding hydrogens is 827 g/mol. The molecule has 2 aromatic carbocycles. The highest BCUT2D eigenvalue weighted by molar-refractivity contribution is 6.34. The normalized spacial score (nSPS) is 17.5. The highest BCUT2D eigenvalue weighted by atomic mass is 35.5. The van der Waals surface area contributed by atoms with Gasteiger partial charge in [0.25, 0.3) is 11.8 Å². The molecule has 2 aromatic heterocycles. The molecule has 0 unspecified atom stereocenters. The Bertz CT molecular complexity index is 2220. The maximum atomic E-state index is 12.7. The number of ether oxygens (including phenoxy) is 2. The Labute approximate surface area is 355 Å². The van der Waals surface area contributed by atoms with Gasteiger partial charge in [-0.1, -0.05) is 47.5 Å². The van der Waals surface area contributed by atoms with Gasteiger partial charge in [0, 0.05) is 73.9 Å². The van der Waals surface area contributed by atoms with E-state index >= 15 is 0 Å². The van der Waals surface area contributed by atoms with Crippen molar-refractivity contribution in [3.8, 4) is 22.5 Å². The lowest BCUT2D eigenvalue weighted by Gasteiger charge is -2.23. The summed E-state index contributed by atoms with van der Waals surface area (Å²) in [5.41, 5.74) is 10.3. The number of aromatic nitrogens is 4. The van der Waals surface area contributed by atoms with Crippen LogP contribution in [0.1, 0.15) is 71.4 Å². The van der Waals surface area contributed by atoms with Gasteiger partial charge in [0.05, 0.1) is 33.8 Å². The number of halogens is 3. The van der Waals surface area contributed by atoms with Gasteiger partial charge in [0.1, 0.15) is 12.1 Å². The number of nitrogens with zero attached hydrogens (tertiary/aromatic N) is 6. The smallest absolute Gasteiger partial charge is 0.326 e. The monoisotopic (exact) mass is 868 g/mol. The molecule has 0 spiro atoms. The first-order valence-electron chi connectivity index (χ1n) is 18.9. The topological polar surface area (TPSA) is 223 Å². The van der Waals surface area contributed by atoms with Crippen LogP contribution < -0.4 is 11.1 Å². The minimum atomic E-state index is -1.04. The first-order valence-corrected chi connectivity index (χ1v) is 20.1. The molecule has 4 aromatic rings. The fraction of sp³-hybridized carbons (Fsp3) is 0.400. The molecule has 312 valence electrons. The van der Waals surface area contributed by atoms with E-state index in [4.69, 9.17) is 55.1 Å². The van der Waals surface area contributed by atoms with Gasteiger partial charge in [-0.15, -0.1) is 0 Å². The number of carboxylic acid groups (broad SMARTS) is 2. The summed E-state index contributed by atoms with van der Waals surface area (Å²) in [5, 5.41) is 22.4. The third-order valence-corrected chi connectivity index (χ3v) is 11.1. The largest absolute Gasteiger partial charge is 0.480 e. The molecule has 5 N–H and O–H groups in total. The summed E-state index contributed by atoms with van der Waals surface area (Å²) in [4.78, 5) is 66.9. The van der Waals surface area contributed by atoms with Crippen LogP contribution in [0.25, 0.3) is 22.5 Å². The molecule has 0 radical (unpaired) electrons. The Morgan fingerprint density at radius 3 is 1.66 bits per heavy atom. The van der Waals surface area contributed by atoms with E-state index in [9.17, 15) is 24.3 Å². The molecule has 2 fully saturated rings. The lowest BCUT2D eigenvalue weighted by Crippen LogP contribution is -2.38. The van der Waals surface area contributed by atoms with Gasteiger partial charge in [0.15, 0.2) is 0 Å². The predicted octanol–water partition coefficient (Wildman–Crippen LogP) is 5.82. The minimum Gasteiger partial charge on any atom is -0.480 e. The maximum Gasteiger partial charge on any atom is 0.326 e. The van der Waals surface area contributed by atoms with Gasteiger partial charge in [0.2, 0.25) is 11.2 Å². The van der Waals surface area contributed by atoms with Gasteiger partial charge in [-0.2, -0.15) is 0 Å². The van der Waals surface area contributed by atoms with Crippen LogP contribution in [-0.4, -0.2) is 114 Å². The number of hydrogen-bond donors (Lipinski definition) is 4. The Morgan fingerprint density at radius 1 is 0.746 bits per heavy atom. The number of benzene rings is 2. The zero-order valence-electron chi connectivity index (χ0n) is 32.2. The molecule has 16 nitrogen and oxygen atoms in total. The van der Waals surface area contributed by atoms with Crippen LogP contribution in [-0.2, 0) is 32.2 Å². The number of nitrogens with two attached hydrogens (primary N) is 1. The lowest BCUT2D eigenvalue weighted by atomic mass is 10.0. The Kier molecular flexibility index (Phi) is 14.3. The fourth-order valence-electron chi connectivity index (χ4n) is 6.76. The maximum absolute atomic E-state index is 12.7. The van der Waals surface area contributed by atoms with Crippen LogP contribution in [0.4, 0.5) is 5.95 Å². The van der Waals surface area contributed by atoms with E-state index in [1.807, 2.05) is 12.1 Å². The standard InChI is InChI=1S/C20H21ClN4O4.C15H11Cl2N3O3.C5H11NO/c1-11(19(27)28)25-10-13-3-2-12(8-15(13)18(25)26)17-16(21)9-22-20(24-17)23-14-4-6-29-7-5-14;1-7(14(22)23)20-6-9-3-2-8(4-10(9)13(20)21)12-11(16)5-18-15(17)19-12;6-5-1-3-7-4-2-5/h2-3,8-9,11,14H,4-7,10H2,1H3,(H,27,28)(H,22,23,24);2-5,7H,6H2,1H3,(H,22,23);5H,1-4,6H2/t11-;7-;/m11./s1. The summed E-state index contributed by atoms with van der Waals surface area (Å²) in [6.07, 6.45) is 6.78. The van der Waals surface area contributed by atoms with Crippen molar-refractivity contribution in [2.24, 2.45) is 5.73 Å². The lowest BCUT2D eigenvalue weighted by molar-refractivity contribution is -0.142. The van der Waals surface area contributed by atoms with Crippen LogP contribution in [0.5, 0.6) is 0 Å². The van der Waals surface area contributed by atoms with Crippen molar-refractivity contribution in [2.45, 2.75) is 76.8 Å². The van der Waals surface area contributed by atoms with Crippen LogP contribution in [0.15, 0.2) is 48.8 Å². The van der Waals surface area contributed by atoms with Crippen molar-refractivity contribution < 1.29 is 38.9 Å².